The monoisotopic (exact) mass is 522 g/mol. The number of carbonyl (C=O) groups excluding carboxylic acids is 3. The average molecular weight is 523 g/mol. The Labute approximate surface area is 216 Å². The van der Waals surface area contributed by atoms with Gasteiger partial charge in [0.1, 0.15) is 23.9 Å². The Morgan fingerprint density at radius 3 is 1.92 bits per heavy atom. The molecule has 1 rings (SSSR count). The first kappa shape index (κ1) is 31.4. The normalized spacial score (nSPS) is 15.1. The van der Waals surface area contributed by atoms with Crippen LogP contribution in [0.15, 0.2) is 24.3 Å². The molecule has 0 heterocycles. The SMILES string of the molecule is CCC(C)C(NC(=O)C(NC(=O)C(Cc1ccc(O)cc1)NC(=O)C(N)CCC(=O)O)C(C)C)C(=O)O. The molecule has 0 aliphatic carbocycles. The Kier molecular flexibility index (Phi) is 12.5. The zero-order valence-corrected chi connectivity index (χ0v) is 21.6. The fraction of sp³-hybridized carbons (Fsp3) is 0.560. The molecular formula is C25H38N4O8. The van der Waals surface area contributed by atoms with Crippen molar-refractivity contribution in [1.82, 2.24) is 16.0 Å². The summed E-state index contributed by atoms with van der Waals surface area (Å²) in [5.74, 6) is -5.20. The molecule has 8 N–H and O–H groups in total. The van der Waals surface area contributed by atoms with Gasteiger partial charge in [-0.3, -0.25) is 19.2 Å². The van der Waals surface area contributed by atoms with Gasteiger partial charge in [0.05, 0.1) is 6.04 Å². The number of carboxylic acids is 2. The fourth-order valence-electron chi connectivity index (χ4n) is 3.48. The minimum Gasteiger partial charge on any atom is -0.508 e. The lowest BCUT2D eigenvalue weighted by Crippen LogP contribution is -2.59. The van der Waals surface area contributed by atoms with Crippen LogP contribution in [0.5, 0.6) is 5.75 Å². The van der Waals surface area contributed by atoms with E-state index in [1.54, 1.807) is 39.8 Å². The highest BCUT2D eigenvalue weighted by molar-refractivity contribution is 5.94. The summed E-state index contributed by atoms with van der Waals surface area (Å²) in [5.41, 5.74) is 6.38. The fourth-order valence-corrected chi connectivity index (χ4v) is 3.48. The highest BCUT2D eigenvalue weighted by Gasteiger charge is 2.33. The number of carbonyl (C=O) groups is 5. The van der Waals surface area contributed by atoms with Crippen molar-refractivity contribution in [2.24, 2.45) is 17.6 Å². The summed E-state index contributed by atoms with van der Waals surface area (Å²) in [4.78, 5) is 61.3. The smallest absolute Gasteiger partial charge is 0.326 e. The second-order valence-corrected chi connectivity index (χ2v) is 9.41. The van der Waals surface area contributed by atoms with Crippen LogP contribution in [-0.4, -0.2) is 69.1 Å². The van der Waals surface area contributed by atoms with Gasteiger partial charge in [-0.05, 0) is 36.0 Å². The van der Waals surface area contributed by atoms with Gasteiger partial charge in [-0.15, -0.1) is 0 Å². The second-order valence-electron chi connectivity index (χ2n) is 9.41. The van der Waals surface area contributed by atoms with Crippen LogP contribution in [0.2, 0.25) is 0 Å². The highest BCUT2D eigenvalue weighted by Crippen LogP contribution is 2.13. The number of phenolic OH excluding ortho intramolecular Hbond substituents is 1. The van der Waals surface area contributed by atoms with Crippen LogP contribution in [0.3, 0.4) is 0 Å². The molecule has 206 valence electrons. The summed E-state index contributed by atoms with van der Waals surface area (Å²) in [6.45, 7) is 6.85. The maximum atomic E-state index is 13.3. The zero-order valence-electron chi connectivity index (χ0n) is 21.6. The molecule has 0 aromatic heterocycles. The Morgan fingerprint density at radius 1 is 0.865 bits per heavy atom. The zero-order chi connectivity index (χ0) is 28.3. The number of nitrogens with one attached hydrogen (secondary N) is 3. The molecule has 5 unspecified atom stereocenters. The third-order valence-electron chi connectivity index (χ3n) is 6.04. The first-order valence-electron chi connectivity index (χ1n) is 12.2. The molecule has 0 fully saturated rings. The number of benzene rings is 1. The number of hydrogen-bond donors (Lipinski definition) is 7. The van der Waals surface area contributed by atoms with Crippen LogP contribution in [0.4, 0.5) is 0 Å². The number of hydrogen-bond acceptors (Lipinski definition) is 7. The molecule has 37 heavy (non-hydrogen) atoms. The summed E-state index contributed by atoms with van der Waals surface area (Å²) in [6.07, 6.45) is 0.0250. The van der Waals surface area contributed by atoms with Crippen LogP contribution in [0.25, 0.3) is 0 Å². The van der Waals surface area contributed by atoms with Gasteiger partial charge >= 0.3 is 11.9 Å². The number of phenols is 1. The lowest BCUT2D eigenvalue weighted by atomic mass is 9.97. The van der Waals surface area contributed by atoms with Crippen molar-refractivity contribution >= 4 is 29.7 Å². The maximum Gasteiger partial charge on any atom is 0.326 e. The Morgan fingerprint density at radius 2 is 1.43 bits per heavy atom. The summed E-state index contributed by atoms with van der Waals surface area (Å²) < 4.78 is 0. The summed E-state index contributed by atoms with van der Waals surface area (Å²) in [5, 5.41) is 35.5. The van der Waals surface area contributed by atoms with Gasteiger partial charge < -0.3 is 37.0 Å². The van der Waals surface area contributed by atoms with E-state index in [-0.39, 0.29) is 30.9 Å². The van der Waals surface area contributed by atoms with E-state index in [0.29, 0.717) is 12.0 Å². The van der Waals surface area contributed by atoms with Gasteiger partial charge in [-0.1, -0.05) is 46.2 Å². The van der Waals surface area contributed by atoms with Crippen LogP contribution in [0.1, 0.15) is 52.5 Å². The molecule has 1 aromatic rings. The number of aromatic hydroxyl groups is 1. The topological polar surface area (TPSA) is 208 Å². The van der Waals surface area contributed by atoms with Crippen molar-refractivity contribution in [3.63, 3.8) is 0 Å². The minimum absolute atomic E-state index is 0.00955. The summed E-state index contributed by atoms with van der Waals surface area (Å²) >= 11 is 0. The molecule has 3 amide bonds. The molecule has 5 atom stereocenters. The number of aliphatic carboxylic acids is 2. The van der Waals surface area contributed by atoms with Crippen LogP contribution in [-0.2, 0) is 30.4 Å². The van der Waals surface area contributed by atoms with Gasteiger partial charge in [0.2, 0.25) is 17.7 Å². The molecule has 12 nitrogen and oxygen atoms in total. The van der Waals surface area contributed by atoms with Crippen molar-refractivity contribution in [3.8, 4) is 5.75 Å². The lowest BCUT2D eigenvalue weighted by molar-refractivity contribution is -0.144. The van der Waals surface area contributed by atoms with Crippen molar-refractivity contribution in [2.45, 2.75) is 77.5 Å². The quantitative estimate of drug-likeness (QED) is 0.169. The van der Waals surface area contributed by atoms with Crippen molar-refractivity contribution in [1.29, 1.82) is 0 Å². The summed E-state index contributed by atoms with van der Waals surface area (Å²) in [7, 11) is 0. The Bertz CT molecular complexity index is 951. The predicted octanol–water partition coefficient (Wildman–Crippen LogP) is 0.368. The number of carboxylic acid groups (broad SMARTS) is 2. The Hall–Kier alpha value is -3.67. The van der Waals surface area contributed by atoms with Crippen LogP contribution >= 0.6 is 0 Å². The Balaban J connectivity index is 3.11. The van der Waals surface area contributed by atoms with E-state index in [1.165, 1.54) is 12.1 Å². The number of amides is 3. The van der Waals surface area contributed by atoms with E-state index in [0.717, 1.165) is 0 Å². The van der Waals surface area contributed by atoms with Crippen LogP contribution in [0, 0.1) is 11.8 Å². The molecule has 0 saturated heterocycles. The highest BCUT2D eigenvalue weighted by atomic mass is 16.4. The maximum absolute atomic E-state index is 13.3. The predicted molar refractivity (Wildman–Crippen MR) is 134 cm³/mol. The van der Waals surface area contributed by atoms with Crippen molar-refractivity contribution in [3.05, 3.63) is 29.8 Å². The van der Waals surface area contributed by atoms with Gasteiger partial charge in [0.15, 0.2) is 0 Å². The molecule has 0 aliphatic heterocycles. The first-order valence-corrected chi connectivity index (χ1v) is 12.2. The van der Waals surface area contributed by atoms with Gasteiger partial charge in [0, 0.05) is 12.8 Å². The number of nitrogens with two attached hydrogens (primary N) is 1. The van der Waals surface area contributed by atoms with E-state index < -0.39 is 59.7 Å². The second kappa shape index (κ2) is 14.8. The van der Waals surface area contributed by atoms with Gasteiger partial charge in [-0.25, -0.2) is 4.79 Å². The largest absolute Gasteiger partial charge is 0.508 e. The van der Waals surface area contributed by atoms with E-state index in [1.807, 2.05) is 0 Å². The van der Waals surface area contributed by atoms with E-state index in [9.17, 15) is 34.2 Å². The minimum atomic E-state index is -1.19. The molecule has 0 saturated carbocycles. The lowest BCUT2D eigenvalue weighted by Gasteiger charge is -2.28. The molecule has 0 spiro atoms. The third-order valence-corrected chi connectivity index (χ3v) is 6.04. The van der Waals surface area contributed by atoms with Crippen molar-refractivity contribution in [2.75, 3.05) is 0 Å². The molecule has 0 radical (unpaired) electrons. The van der Waals surface area contributed by atoms with E-state index in [4.69, 9.17) is 10.8 Å². The van der Waals surface area contributed by atoms with E-state index >= 15 is 0 Å². The molecular weight excluding hydrogens is 484 g/mol. The molecule has 0 aliphatic rings. The van der Waals surface area contributed by atoms with Crippen molar-refractivity contribution < 1.29 is 39.3 Å². The molecule has 0 bridgehead atoms. The van der Waals surface area contributed by atoms with E-state index in [2.05, 4.69) is 16.0 Å². The molecule has 12 heteroatoms. The van der Waals surface area contributed by atoms with Crippen LogP contribution < -0.4 is 21.7 Å². The van der Waals surface area contributed by atoms with Gasteiger partial charge in [0.25, 0.3) is 0 Å². The standard InChI is InChI=1S/C25H38N4O8/c1-5-14(4)21(25(36)37)29-24(35)20(13(2)3)28-23(34)18(12-15-6-8-16(30)9-7-15)27-22(33)17(26)10-11-19(31)32/h6-9,13-14,17-18,20-21,30H,5,10-12,26H2,1-4H3,(H,27,33)(H,28,34)(H,29,35)(H,31,32)(H,36,37). The summed E-state index contributed by atoms with van der Waals surface area (Å²) in [6, 6.07) is 1.33. The molecule has 1 aromatic carbocycles. The number of rotatable bonds is 15. The third kappa shape index (κ3) is 10.5. The average Bonchev–Trinajstić information content (AvgIpc) is 2.83. The first-order chi connectivity index (χ1) is 17.3. The van der Waals surface area contributed by atoms with Gasteiger partial charge in [-0.2, -0.15) is 0 Å².